The minimum Gasteiger partial charge on any atom is -0.328 e. The quantitative estimate of drug-likeness (QED) is 0.408. The SMILES string of the molecule is CN[Si](C)(C)Cl. The van der Waals surface area contributed by atoms with Crippen molar-refractivity contribution in [2.24, 2.45) is 0 Å². The van der Waals surface area contributed by atoms with Crippen LogP contribution in [0.1, 0.15) is 0 Å². The molecule has 0 fully saturated rings. The molecular formula is C3H10ClNSi. The average molecular weight is 124 g/mol. The third-order valence-corrected chi connectivity index (χ3v) is 2.35. The molecule has 0 aromatic heterocycles. The maximum Gasteiger partial charge on any atom is 0.220 e. The summed E-state index contributed by atoms with van der Waals surface area (Å²) in [4.78, 5) is 3.01. The lowest BCUT2D eigenvalue weighted by Gasteiger charge is -2.07. The van der Waals surface area contributed by atoms with Crippen molar-refractivity contribution in [2.75, 3.05) is 7.05 Å². The number of halogens is 1. The van der Waals surface area contributed by atoms with Crippen LogP contribution in [0, 0.1) is 0 Å². The Bertz CT molecular complexity index is 40.5. The average Bonchev–Trinajstić information content (AvgIpc) is 1.35. The van der Waals surface area contributed by atoms with Gasteiger partial charge in [-0.1, -0.05) is 0 Å². The van der Waals surface area contributed by atoms with E-state index in [1.165, 1.54) is 0 Å². The Balaban J connectivity index is 3.17. The molecule has 0 aromatic carbocycles. The van der Waals surface area contributed by atoms with Gasteiger partial charge in [-0.05, 0) is 20.1 Å². The number of hydrogen-bond donors (Lipinski definition) is 1. The van der Waals surface area contributed by atoms with Gasteiger partial charge < -0.3 is 4.98 Å². The van der Waals surface area contributed by atoms with Crippen molar-refractivity contribution in [3.05, 3.63) is 0 Å². The Morgan fingerprint density at radius 1 is 1.50 bits per heavy atom. The first-order chi connectivity index (χ1) is 2.56. The molecule has 0 aliphatic heterocycles. The van der Waals surface area contributed by atoms with Gasteiger partial charge in [-0.2, -0.15) is 0 Å². The fourth-order valence-corrected chi connectivity index (χ4v) is 0. The third kappa shape index (κ3) is 4.47. The second-order valence-electron chi connectivity index (χ2n) is 1.72. The first kappa shape index (κ1) is 6.47. The summed E-state index contributed by atoms with van der Waals surface area (Å²) in [5, 5.41) is 0. The van der Waals surface area contributed by atoms with Crippen molar-refractivity contribution in [3.8, 4) is 0 Å². The Morgan fingerprint density at radius 3 is 1.67 bits per heavy atom. The Morgan fingerprint density at radius 2 is 1.67 bits per heavy atom. The molecule has 0 atom stereocenters. The summed E-state index contributed by atoms with van der Waals surface area (Å²) in [7, 11) is 0.479. The van der Waals surface area contributed by atoms with Gasteiger partial charge in [0, 0.05) is 0 Å². The second-order valence-corrected chi connectivity index (χ2v) is 8.00. The van der Waals surface area contributed by atoms with Crippen LogP contribution in [0.15, 0.2) is 0 Å². The lowest BCUT2D eigenvalue weighted by Crippen LogP contribution is -2.34. The fourth-order valence-electron chi connectivity index (χ4n) is 0. The molecule has 0 aliphatic rings. The van der Waals surface area contributed by atoms with Crippen molar-refractivity contribution < 1.29 is 0 Å². The van der Waals surface area contributed by atoms with Gasteiger partial charge in [0.15, 0.2) is 0 Å². The molecule has 0 rings (SSSR count). The highest BCUT2D eigenvalue weighted by molar-refractivity contribution is 7.17. The van der Waals surface area contributed by atoms with Crippen LogP contribution >= 0.6 is 11.1 Å². The molecule has 0 spiro atoms. The Labute approximate surface area is 44.5 Å². The van der Waals surface area contributed by atoms with E-state index in [0.29, 0.717) is 0 Å². The highest BCUT2D eigenvalue weighted by Crippen LogP contribution is 1.98. The van der Waals surface area contributed by atoms with Crippen LogP contribution < -0.4 is 4.98 Å². The molecule has 1 N–H and O–H groups in total. The van der Waals surface area contributed by atoms with E-state index in [0.717, 1.165) is 0 Å². The van der Waals surface area contributed by atoms with Crippen molar-refractivity contribution in [2.45, 2.75) is 13.1 Å². The van der Waals surface area contributed by atoms with Gasteiger partial charge in [0.2, 0.25) is 7.55 Å². The largest absolute Gasteiger partial charge is 0.328 e. The topological polar surface area (TPSA) is 12.0 Å². The van der Waals surface area contributed by atoms with Gasteiger partial charge in [-0.25, -0.2) is 0 Å². The van der Waals surface area contributed by atoms with Crippen LogP contribution in [0.3, 0.4) is 0 Å². The highest BCUT2D eigenvalue weighted by Gasteiger charge is 2.11. The Kier molecular flexibility index (Phi) is 2.11. The van der Waals surface area contributed by atoms with Crippen molar-refractivity contribution >= 4 is 18.6 Å². The van der Waals surface area contributed by atoms with Gasteiger partial charge in [0.25, 0.3) is 0 Å². The summed E-state index contributed by atoms with van der Waals surface area (Å²) >= 11 is 5.75. The summed E-state index contributed by atoms with van der Waals surface area (Å²) in [5.74, 6) is 0. The van der Waals surface area contributed by atoms with E-state index in [1.54, 1.807) is 0 Å². The van der Waals surface area contributed by atoms with E-state index in [4.69, 9.17) is 11.1 Å². The van der Waals surface area contributed by atoms with Crippen LogP contribution in [-0.4, -0.2) is 14.6 Å². The fraction of sp³-hybridized carbons (Fsp3) is 1.00. The third-order valence-electron chi connectivity index (χ3n) is 0.594. The Hall–Kier alpha value is 0.467. The van der Waals surface area contributed by atoms with E-state index in [-0.39, 0.29) is 0 Å². The molecule has 38 valence electrons. The summed E-state index contributed by atoms with van der Waals surface area (Å²) in [5.41, 5.74) is 0. The van der Waals surface area contributed by atoms with Crippen LogP contribution in [0.25, 0.3) is 0 Å². The number of hydrogen-bond acceptors (Lipinski definition) is 1. The van der Waals surface area contributed by atoms with Gasteiger partial charge >= 0.3 is 0 Å². The molecule has 1 nitrogen and oxygen atoms in total. The molecule has 6 heavy (non-hydrogen) atoms. The standard InChI is InChI=1S/C3H10ClNSi/c1-5-6(2,3)4/h5H,1-3H3. The van der Waals surface area contributed by atoms with Crippen LogP contribution in [0.5, 0.6) is 0 Å². The van der Waals surface area contributed by atoms with Crippen LogP contribution in [0.2, 0.25) is 13.1 Å². The molecule has 0 radical (unpaired) electrons. The van der Waals surface area contributed by atoms with Gasteiger partial charge in [-0.15, -0.1) is 11.1 Å². The zero-order valence-electron chi connectivity index (χ0n) is 4.38. The van der Waals surface area contributed by atoms with Gasteiger partial charge in [0.05, 0.1) is 0 Å². The highest BCUT2D eigenvalue weighted by atomic mass is 35.6. The molecule has 0 heterocycles. The lowest BCUT2D eigenvalue weighted by molar-refractivity contribution is 1.20. The molecule has 0 saturated carbocycles. The predicted octanol–water partition coefficient (Wildman–Crippen LogP) is 1.15. The van der Waals surface area contributed by atoms with E-state index < -0.39 is 7.55 Å². The summed E-state index contributed by atoms with van der Waals surface area (Å²) in [6.45, 7) is 4.07. The van der Waals surface area contributed by atoms with Crippen molar-refractivity contribution in [3.63, 3.8) is 0 Å². The molecular weight excluding hydrogens is 114 g/mol. The number of rotatable bonds is 1. The lowest BCUT2D eigenvalue weighted by atomic mass is 11.6. The van der Waals surface area contributed by atoms with Gasteiger partial charge in [0.1, 0.15) is 0 Å². The molecule has 0 unspecified atom stereocenters. The van der Waals surface area contributed by atoms with E-state index in [1.807, 2.05) is 20.1 Å². The van der Waals surface area contributed by atoms with Crippen LogP contribution in [-0.2, 0) is 0 Å². The minimum absolute atomic E-state index is 1.41. The smallest absolute Gasteiger partial charge is 0.220 e. The normalized spacial score (nSPS) is 12.0. The first-order valence-electron chi connectivity index (χ1n) is 1.94. The van der Waals surface area contributed by atoms with Crippen molar-refractivity contribution in [1.29, 1.82) is 0 Å². The molecule has 0 amide bonds. The molecule has 3 heteroatoms. The first-order valence-corrected chi connectivity index (χ1v) is 5.95. The summed E-state index contributed by atoms with van der Waals surface area (Å²) in [6, 6.07) is 0. The zero-order chi connectivity index (χ0) is 5.21. The zero-order valence-corrected chi connectivity index (χ0v) is 6.13. The summed E-state index contributed by atoms with van der Waals surface area (Å²) < 4.78 is 0. The molecule has 0 aromatic rings. The van der Waals surface area contributed by atoms with E-state index in [9.17, 15) is 0 Å². The second kappa shape index (κ2) is 1.96. The maximum absolute atomic E-state index is 5.75. The predicted molar refractivity (Wildman–Crippen MR) is 32.4 cm³/mol. The number of nitrogens with one attached hydrogen (secondary N) is 1. The maximum atomic E-state index is 5.75. The van der Waals surface area contributed by atoms with Crippen LogP contribution in [0.4, 0.5) is 0 Å². The minimum atomic E-state index is -1.41. The molecule has 0 bridgehead atoms. The summed E-state index contributed by atoms with van der Waals surface area (Å²) in [6.07, 6.45) is 0. The molecule has 0 aliphatic carbocycles. The van der Waals surface area contributed by atoms with Crippen molar-refractivity contribution in [1.82, 2.24) is 4.98 Å². The van der Waals surface area contributed by atoms with Gasteiger partial charge in [-0.3, -0.25) is 0 Å². The molecule has 0 saturated heterocycles. The monoisotopic (exact) mass is 123 g/mol. The van der Waals surface area contributed by atoms with E-state index in [2.05, 4.69) is 4.98 Å². The van der Waals surface area contributed by atoms with E-state index >= 15 is 0 Å².